The zero-order chi connectivity index (χ0) is 14.0. The van der Waals surface area contributed by atoms with Crippen LogP contribution in [-0.4, -0.2) is 37.1 Å². The molecule has 110 valence electrons. The van der Waals surface area contributed by atoms with Gasteiger partial charge in [-0.1, -0.05) is 20.8 Å². The van der Waals surface area contributed by atoms with Crippen molar-refractivity contribution < 1.29 is 9.53 Å². The molecule has 2 aliphatic heterocycles. The summed E-state index contributed by atoms with van der Waals surface area (Å²) in [5, 5.41) is 0. The van der Waals surface area contributed by atoms with Crippen molar-refractivity contribution in [2.75, 3.05) is 20.2 Å². The molecule has 0 bridgehead atoms. The predicted octanol–water partition coefficient (Wildman–Crippen LogP) is 2.94. The van der Waals surface area contributed by atoms with E-state index in [1.807, 2.05) is 11.9 Å². The molecule has 3 heteroatoms. The Hall–Kier alpha value is -0.570. The third kappa shape index (κ3) is 3.71. The van der Waals surface area contributed by atoms with Gasteiger partial charge in [0.15, 0.2) is 0 Å². The Kier molecular flexibility index (Phi) is 4.88. The van der Waals surface area contributed by atoms with Crippen molar-refractivity contribution in [3.05, 3.63) is 0 Å². The lowest BCUT2D eigenvalue weighted by atomic mass is 9.81. The molecule has 19 heavy (non-hydrogen) atoms. The SMILES string of the molecule is CC(C)C1CCOC(CC(C)C2CC(=O)N(C)C2)C1. The molecule has 4 atom stereocenters. The molecule has 0 saturated carbocycles. The summed E-state index contributed by atoms with van der Waals surface area (Å²) in [6.45, 7) is 8.78. The third-order valence-corrected chi connectivity index (χ3v) is 5.16. The molecule has 2 fully saturated rings. The maximum atomic E-state index is 11.6. The van der Waals surface area contributed by atoms with Crippen LogP contribution in [0.2, 0.25) is 0 Å². The standard InChI is InChI=1S/C16H29NO2/c1-11(2)13-5-6-19-15(8-13)7-12(3)14-9-16(18)17(4)10-14/h11-15H,5-10H2,1-4H3. The van der Waals surface area contributed by atoms with Gasteiger partial charge in [-0.15, -0.1) is 0 Å². The fraction of sp³-hybridized carbons (Fsp3) is 0.938. The highest BCUT2D eigenvalue weighted by Crippen LogP contribution is 2.33. The van der Waals surface area contributed by atoms with Crippen molar-refractivity contribution in [3.63, 3.8) is 0 Å². The lowest BCUT2D eigenvalue weighted by Crippen LogP contribution is -2.31. The fourth-order valence-corrected chi connectivity index (χ4v) is 3.57. The number of rotatable bonds is 4. The first kappa shape index (κ1) is 14.8. The first-order chi connectivity index (χ1) is 8.97. The average molecular weight is 267 g/mol. The molecular weight excluding hydrogens is 238 g/mol. The Morgan fingerprint density at radius 1 is 1.32 bits per heavy atom. The summed E-state index contributed by atoms with van der Waals surface area (Å²) in [5.41, 5.74) is 0. The summed E-state index contributed by atoms with van der Waals surface area (Å²) >= 11 is 0. The van der Waals surface area contributed by atoms with Crippen molar-refractivity contribution in [1.29, 1.82) is 0 Å². The average Bonchev–Trinajstić information content (AvgIpc) is 2.70. The third-order valence-electron chi connectivity index (χ3n) is 5.16. The molecule has 0 aliphatic carbocycles. The minimum absolute atomic E-state index is 0.307. The lowest BCUT2D eigenvalue weighted by Gasteiger charge is -2.34. The first-order valence-corrected chi connectivity index (χ1v) is 7.83. The molecule has 1 amide bonds. The normalized spacial score (nSPS) is 34.1. The van der Waals surface area contributed by atoms with Gasteiger partial charge in [0.2, 0.25) is 5.91 Å². The Balaban J connectivity index is 1.82. The lowest BCUT2D eigenvalue weighted by molar-refractivity contribution is -0.126. The van der Waals surface area contributed by atoms with Gasteiger partial charge in [0.05, 0.1) is 6.10 Å². The van der Waals surface area contributed by atoms with Gasteiger partial charge < -0.3 is 9.64 Å². The fourth-order valence-electron chi connectivity index (χ4n) is 3.57. The second-order valence-corrected chi connectivity index (χ2v) is 6.97. The van der Waals surface area contributed by atoms with Crippen LogP contribution in [0.1, 0.15) is 46.5 Å². The van der Waals surface area contributed by atoms with E-state index < -0.39 is 0 Å². The Bertz CT molecular complexity index is 316. The van der Waals surface area contributed by atoms with Crippen LogP contribution in [0.3, 0.4) is 0 Å². The minimum atomic E-state index is 0.307. The zero-order valence-electron chi connectivity index (χ0n) is 12.9. The Morgan fingerprint density at radius 3 is 2.63 bits per heavy atom. The number of hydrogen-bond donors (Lipinski definition) is 0. The van der Waals surface area contributed by atoms with E-state index in [0.29, 0.717) is 23.8 Å². The summed E-state index contributed by atoms with van der Waals surface area (Å²) in [6.07, 6.45) is 4.69. The summed E-state index contributed by atoms with van der Waals surface area (Å²) in [6, 6.07) is 0. The van der Waals surface area contributed by atoms with E-state index in [9.17, 15) is 4.79 Å². The molecule has 2 aliphatic rings. The summed E-state index contributed by atoms with van der Waals surface area (Å²) in [5.74, 6) is 3.01. The van der Waals surface area contributed by atoms with Gasteiger partial charge in [0.25, 0.3) is 0 Å². The molecule has 3 nitrogen and oxygen atoms in total. The molecule has 0 N–H and O–H groups in total. The van der Waals surface area contributed by atoms with Gasteiger partial charge in [0, 0.05) is 26.6 Å². The predicted molar refractivity (Wildman–Crippen MR) is 76.8 cm³/mol. The molecule has 2 rings (SSSR count). The highest BCUT2D eigenvalue weighted by atomic mass is 16.5. The van der Waals surface area contributed by atoms with Crippen LogP contribution in [0.15, 0.2) is 0 Å². The first-order valence-electron chi connectivity index (χ1n) is 7.83. The highest BCUT2D eigenvalue weighted by molar-refractivity contribution is 5.78. The van der Waals surface area contributed by atoms with Crippen molar-refractivity contribution in [1.82, 2.24) is 4.90 Å². The molecule has 0 aromatic carbocycles. The van der Waals surface area contributed by atoms with Gasteiger partial charge in [-0.2, -0.15) is 0 Å². The van der Waals surface area contributed by atoms with E-state index >= 15 is 0 Å². The van der Waals surface area contributed by atoms with E-state index in [1.54, 1.807) is 0 Å². The molecule has 2 saturated heterocycles. The molecule has 0 spiro atoms. The quantitative estimate of drug-likeness (QED) is 0.784. The van der Waals surface area contributed by atoms with Crippen LogP contribution < -0.4 is 0 Å². The minimum Gasteiger partial charge on any atom is -0.378 e. The summed E-state index contributed by atoms with van der Waals surface area (Å²) < 4.78 is 5.94. The Morgan fingerprint density at radius 2 is 2.05 bits per heavy atom. The second kappa shape index (κ2) is 6.25. The van der Waals surface area contributed by atoms with Crippen molar-refractivity contribution in [2.45, 2.75) is 52.6 Å². The number of amides is 1. The van der Waals surface area contributed by atoms with E-state index in [2.05, 4.69) is 20.8 Å². The number of hydrogen-bond acceptors (Lipinski definition) is 2. The number of likely N-dealkylation sites (tertiary alicyclic amines) is 1. The van der Waals surface area contributed by atoms with Gasteiger partial charge in [-0.05, 0) is 42.9 Å². The van der Waals surface area contributed by atoms with Crippen molar-refractivity contribution in [2.24, 2.45) is 23.7 Å². The highest BCUT2D eigenvalue weighted by Gasteiger charge is 2.33. The van der Waals surface area contributed by atoms with Crippen LogP contribution in [0.5, 0.6) is 0 Å². The molecule has 2 heterocycles. The van der Waals surface area contributed by atoms with E-state index in [-0.39, 0.29) is 0 Å². The van der Waals surface area contributed by atoms with Gasteiger partial charge in [-0.25, -0.2) is 0 Å². The van der Waals surface area contributed by atoms with Crippen LogP contribution >= 0.6 is 0 Å². The second-order valence-electron chi connectivity index (χ2n) is 6.97. The molecular formula is C16H29NO2. The number of carbonyl (C=O) groups is 1. The van der Waals surface area contributed by atoms with Crippen LogP contribution in [-0.2, 0) is 9.53 Å². The largest absolute Gasteiger partial charge is 0.378 e. The number of ether oxygens (including phenoxy) is 1. The smallest absolute Gasteiger partial charge is 0.222 e. The molecule has 0 aromatic heterocycles. The van der Waals surface area contributed by atoms with Crippen LogP contribution in [0.4, 0.5) is 0 Å². The number of carbonyl (C=O) groups excluding carboxylic acids is 1. The maximum absolute atomic E-state index is 11.6. The van der Waals surface area contributed by atoms with Gasteiger partial charge in [0.1, 0.15) is 0 Å². The van der Waals surface area contributed by atoms with Crippen LogP contribution in [0, 0.1) is 23.7 Å². The molecule has 0 aromatic rings. The summed E-state index contributed by atoms with van der Waals surface area (Å²) in [7, 11) is 1.92. The van der Waals surface area contributed by atoms with E-state index in [0.717, 1.165) is 37.8 Å². The van der Waals surface area contributed by atoms with Crippen LogP contribution in [0.25, 0.3) is 0 Å². The zero-order valence-corrected chi connectivity index (χ0v) is 12.9. The number of nitrogens with zero attached hydrogens (tertiary/aromatic N) is 1. The monoisotopic (exact) mass is 267 g/mol. The Labute approximate surface area is 117 Å². The maximum Gasteiger partial charge on any atom is 0.222 e. The van der Waals surface area contributed by atoms with Gasteiger partial charge in [-0.3, -0.25) is 4.79 Å². The van der Waals surface area contributed by atoms with E-state index in [1.165, 1.54) is 12.8 Å². The summed E-state index contributed by atoms with van der Waals surface area (Å²) in [4.78, 5) is 13.5. The topological polar surface area (TPSA) is 29.5 Å². The van der Waals surface area contributed by atoms with Gasteiger partial charge >= 0.3 is 0 Å². The van der Waals surface area contributed by atoms with Crippen molar-refractivity contribution in [3.8, 4) is 0 Å². The van der Waals surface area contributed by atoms with Crippen molar-refractivity contribution >= 4 is 5.91 Å². The molecule has 0 radical (unpaired) electrons. The molecule has 4 unspecified atom stereocenters. The van der Waals surface area contributed by atoms with E-state index in [4.69, 9.17) is 4.74 Å².